The monoisotopic (exact) mass is 1210 g/mol. The molecule has 458 valence electrons. The van der Waals surface area contributed by atoms with Crippen molar-refractivity contribution in [2.45, 2.75) is 136 Å². The van der Waals surface area contributed by atoms with Crippen molar-refractivity contribution in [3.63, 3.8) is 0 Å². The van der Waals surface area contributed by atoms with Crippen LogP contribution in [-0.2, 0) is 94.2 Å². The average molecular weight is 1210 g/mol. The molecule has 5 atom stereocenters. The van der Waals surface area contributed by atoms with Gasteiger partial charge in [-0.05, 0) is 85.9 Å². The molecule has 0 saturated carbocycles. The number of pyridine rings is 2. The van der Waals surface area contributed by atoms with Gasteiger partial charge in [-0.1, -0.05) is 26.8 Å². The number of aromatic nitrogens is 2. The molecular formula is C55H68FN11O17S. The van der Waals surface area contributed by atoms with Crippen molar-refractivity contribution in [1.29, 1.82) is 0 Å². The number of amides is 8. The van der Waals surface area contributed by atoms with Crippen LogP contribution in [0.4, 0.5) is 20.6 Å². The Hall–Kier alpha value is -8.45. The van der Waals surface area contributed by atoms with Gasteiger partial charge in [-0.2, -0.15) is 8.42 Å². The number of halogens is 1. The van der Waals surface area contributed by atoms with Crippen molar-refractivity contribution >= 4 is 86.1 Å². The van der Waals surface area contributed by atoms with Crippen LogP contribution in [0.5, 0.6) is 0 Å². The number of esters is 1. The summed E-state index contributed by atoms with van der Waals surface area (Å²) >= 11 is 0. The molecule has 0 saturated heterocycles. The van der Waals surface area contributed by atoms with E-state index in [4.69, 9.17) is 24.7 Å². The first-order valence-corrected chi connectivity index (χ1v) is 28.7. The number of carbonyl (C=O) groups excluding carboxylic acids is 9. The van der Waals surface area contributed by atoms with Crippen LogP contribution in [0.15, 0.2) is 35.1 Å². The Labute approximate surface area is 486 Å². The van der Waals surface area contributed by atoms with Crippen LogP contribution in [0, 0.1) is 18.7 Å². The van der Waals surface area contributed by atoms with Gasteiger partial charge in [0.15, 0.2) is 5.60 Å². The molecule has 2 aromatic heterocycles. The quantitative estimate of drug-likeness (QED) is 0.0221. The molecule has 0 radical (unpaired) electrons. The summed E-state index contributed by atoms with van der Waals surface area (Å²) in [6.07, 6.45) is -1.18. The second-order valence-corrected chi connectivity index (χ2v) is 22.2. The van der Waals surface area contributed by atoms with E-state index < -0.39 is 112 Å². The van der Waals surface area contributed by atoms with Gasteiger partial charge < -0.3 is 67.4 Å². The molecule has 0 fully saturated rings. The number of carbonyl (C=O) groups is 9. The van der Waals surface area contributed by atoms with Crippen molar-refractivity contribution in [1.82, 2.24) is 41.5 Å². The van der Waals surface area contributed by atoms with E-state index in [0.717, 1.165) is 0 Å². The lowest BCUT2D eigenvalue weighted by atomic mass is 9.81. The lowest BCUT2D eigenvalue weighted by Crippen LogP contribution is -2.53. The van der Waals surface area contributed by atoms with Gasteiger partial charge in [-0.25, -0.2) is 23.1 Å². The van der Waals surface area contributed by atoms with Crippen LogP contribution in [0.25, 0.3) is 22.3 Å². The fraction of sp³-hybridized carbons (Fsp3) is 0.473. The molecule has 8 amide bonds. The Balaban J connectivity index is 1.02. The van der Waals surface area contributed by atoms with Crippen LogP contribution < -0.4 is 53.8 Å². The van der Waals surface area contributed by atoms with Crippen LogP contribution in [-0.4, -0.2) is 125 Å². The Kier molecular flexibility index (Phi) is 20.4. The Bertz CT molecular complexity index is 3540. The van der Waals surface area contributed by atoms with E-state index in [1.165, 1.54) is 48.7 Å². The summed E-state index contributed by atoms with van der Waals surface area (Å²) in [5.74, 6) is -5.95. The standard InChI is InChI=1S/C55H68FN11O17S/c1-7-55(78)34-21-41-48-32(23-67(41)52(75)33(34)25-82-53(55)76)46-38(12-9-31-27(4)35(56)22-40(64-48)45(31)46)66-54(77)83-24-30-8-11-37(65-49(72)28(5)61-51(74)47(26(2)3)62-29(6)68)39(20-30)63-44(71)15-16-58-42(69)13-10-36(57)50(73)60-17-14-43(70)59-18-19-84-85(79,80)81/h8,11,20-22,26,28,36,38,47,78H,7,9-10,12-19,23-25,57H2,1-6H3,(H,58,69)(H,59,70)(H,60,73)(H,61,74)(H,62,68)(H,63,71)(H,65,72)(H,66,77)(H,79,80,81)/t28-,36-,38-,47-,55-/m0/s1. The predicted octanol–water partition coefficient (Wildman–Crippen LogP) is 1.04. The Morgan fingerprint density at radius 3 is 2.27 bits per heavy atom. The van der Waals surface area contributed by atoms with Gasteiger partial charge >= 0.3 is 22.5 Å². The lowest BCUT2D eigenvalue weighted by Gasteiger charge is -2.31. The van der Waals surface area contributed by atoms with Gasteiger partial charge in [0.1, 0.15) is 31.1 Å². The largest absolute Gasteiger partial charge is 0.458 e. The average Bonchev–Trinajstić information content (AvgIpc) is 1.89. The van der Waals surface area contributed by atoms with Gasteiger partial charge in [-0.15, -0.1) is 0 Å². The van der Waals surface area contributed by atoms with Gasteiger partial charge in [0.25, 0.3) is 5.56 Å². The molecule has 30 heteroatoms. The number of hydrogen-bond donors (Lipinski definition) is 11. The van der Waals surface area contributed by atoms with Crippen LogP contribution >= 0.6 is 0 Å². The number of ether oxygens (including phenoxy) is 2. The normalized spacial score (nSPS) is 16.7. The van der Waals surface area contributed by atoms with E-state index in [2.05, 4.69) is 46.7 Å². The molecule has 0 spiro atoms. The predicted molar refractivity (Wildman–Crippen MR) is 300 cm³/mol. The number of nitrogens with zero attached hydrogens (tertiary/aromatic N) is 2. The van der Waals surface area contributed by atoms with E-state index in [1.54, 1.807) is 27.7 Å². The highest BCUT2D eigenvalue weighted by Crippen LogP contribution is 2.46. The number of benzene rings is 2. The first-order chi connectivity index (χ1) is 40.1. The van der Waals surface area contributed by atoms with Gasteiger partial charge in [-0.3, -0.25) is 42.9 Å². The highest BCUT2D eigenvalue weighted by molar-refractivity contribution is 7.80. The number of aryl methyl sites for hydroxylation is 1. The maximum Gasteiger partial charge on any atom is 0.407 e. The van der Waals surface area contributed by atoms with Crippen molar-refractivity contribution in [2.75, 3.05) is 36.9 Å². The number of anilines is 2. The van der Waals surface area contributed by atoms with Gasteiger partial charge in [0.05, 0.1) is 59.1 Å². The third-order valence-corrected chi connectivity index (χ3v) is 15.2. The summed E-state index contributed by atoms with van der Waals surface area (Å²) in [5.41, 5.74) is 6.99. The molecule has 85 heavy (non-hydrogen) atoms. The summed E-state index contributed by atoms with van der Waals surface area (Å²) in [7, 11) is -4.67. The molecule has 12 N–H and O–H groups in total. The molecule has 28 nitrogen and oxygen atoms in total. The van der Waals surface area contributed by atoms with E-state index in [1.807, 2.05) is 0 Å². The van der Waals surface area contributed by atoms with E-state index >= 15 is 4.39 Å². The highest BCUT2D eigenvalue weighted by Gasteiger charge is 2.46. The smallest absolute Gasteiger partial charge is 0.407 e. The highest BCUT2D eigenvalue weighted by atomic mass is 32.3. The molecule has 0 unspecified atom stereocenters. The van der Waals surface area contributed by atoms with E-state index in [-0.39, 0.29) is 118 Å². The Morgan fingerprint density at radius 1 is 0.882 bits per heavy atom. The molecule has 4 aromatic rings. The minimum Gasteiger partial charge on any atom is -0.458 e. The summed E-state index contributed by atoms with van der Waals surface area (Å²) in [4.78, 5) is 135. The number of cyclic esters (lactones) is 1. The van der Waals surface area contributed by atoms with Crippen LogP contribution in [0.1, 0.15) is 118 Å². The maximum absolute atomic E-state index is 15.5. The van der Waals surface area contributed by atoms with Gasteiger partial charge in [0, 0.05) is 68.4 Å². The molecule has 2 aliphatic heterocycles. The van der Waals surface area contributed by atoms with Crippen molar-refractivity contribution in [2.24, 2.45) is 11.7 Å². The number of hydrogen-bond acceptors (Lipinski definition) is 18. The number of rotatable bonds is 25. The first kappa shape index (κ1) is 64.1. The topological polar surface area (TPSA) is 413 Å². The summed E-state index contributed by atoms with van der Waals surface area (Å²) in [6, 6.07) is 3.17. The molecular weight excluding hydrogens is 1140 g/mol. The van der Waals surface area contributed by atoms with Crippen LogP contribution in [0.2, 0.25) is 0 Å². The van der Waals surface area contributed by atoms with Crippen molar-refractivity contribution < 1.29 is 79.3 Å². The number of nitrogens with two attached hydrogens (primary N) is 1. The zero-order valence-corrected chi connectivity index (χ0v) is 48.3. The SMILES string of the molecule is CC[C@@]1(O)C(=O)OCc2c1cc1n(c2=O)Cc2c-1nc1cc(F)c(C)c3c1c2[C@@H](NC(=O)OCc1ccc(NC(=O)[C@H](C)NC(=O)[C@@H](NC(C)=O)C(C)C)c(NC(=O)CCNC(=O)CC[C@H](N)C(=O)NCCC(=O)NCCOS(=O)(=O)O)c1)CC3. The molecule has 1 aliphatic carbocycles. The Morgan fingerprint density at radius 2 is 1.58 bits per heavy atom. The van der Waals surface area contributed by atoms with Crippen molar-refractivity contribution in [3.05, 3.63) is 85.4 Å². The minimum absolute atomic E-state index is 0.00406. The summed E-state index contributed by atoms with van der Waals surface area (Å²) < 4.78 is 61.8. The molecule has 7 rings (SSSR count). The van der Waals surface area contributed by atoms with Crippen LogP contribution in [0.3, 0.4) is 0 Å². The minimum atomic E-state index is -4.67. The second kappa shape index (κ2) is 27.1. The third-order valence-electron chi connectivity index (χ3n) is 14.7. The zero-order valence-electron chi connectivity index (χ0n) is 47.4. The lowest BCUT2D eigenvalue weighted by molar-refractivity contribution is -0.172. The van der Waals surface area contributed by atoms with Gasteiger partial charge in [0.2, 0.25) is 41.4 Å². The molecule has 3 aliphatic rings. The number of fused-ring (bicyclic) bond motifs is 5. The number of nitrogens with one attached hydrogen (secondary N) is 8. The van der Waals surface area contributed by atoms with Crippen molar-refractivity contribution in [3.8, 4) is 11.4 Å². The first-order valence-electron chi connectivity index (χ1n) is 27.3. The zero-order chi connectivity index (χ0) is 62.2. The maximum atomic E-state index is 15.5. The fourth-order valence-corrected chi connectivity index (χ4v) is 10.5. The van der Waals surface area contributed by atoms with E-state index in [9.17, 15) is 61.5 Å². The summed E-state index contributed by atoms with van der Waals surface area (Å²) in [5, 5.41) is 32.8. The van der Waals surface area contributed by atoms with E-state index in [0.29, 0.717) is 45.3 Å². The fourth-order valence-electron chi connectivity index (χ4n) is 10.2. The molecule has 4 heterocycles. The number of alkyl carbamates (subject to hydrolysis) is 1. The third kappa shape index (κ3) is 15.3. The summed E-state index contributed by atoms with van der Waals surface area (Å²) in [6.45, 7) is 7.51. The molecule has 2 aromatic carbocycles. The molecule has 0 bridgehead atoms. The second-order valence-electron chi connectivity index (χ2n) is 21.1. The number of aliphatic hydroxyl groups is 1.